The minimum absolute atomic E-state index is 0.00185. The van der Waals surface area contributed by atoms with Gasteiger partial charge in [0.1, 0.15) is 18.8 Å². The van der Waals surface area contributed by atoms with Gasteiger partial charge in [0.15, 0.2) is 0 Å². The van der Waals surface area contributed by atoms with E-state index >= 15 is 0 Å². The molecule has 5 amide bonds. The van der Waals surface area contributed by atoms with E-state index in [1.165, 1.54) is 10.1 Å². The third kappa shape index (κ3) is 26.3. The fourth-order valence-corrected chi connectivity index (χ4v) is 6.20. The molecule has 0 spiro atoms. The highest BCUT2D eigenvalue weighted by Crippen LogP contribution is 2.11. The van der Waals surface area contributed by atoms with E-state index in [2.05, 4.69) is 21.4 Å². The minimum Gasteiger partial charge on any atom is -0.444 e. The van der Waals surface area contributed by atoms with Crippen LogP contribution in [0, 0.1) is 0 Å². The van der Waals surface area contributed by atoms with Gasteiger partial charge in [0.05, 0.1) is 6.61 Å². The van der Waals surface area contributed by atoms with E-state index in [-0.39, 0.29) is 62.5 Å². The average molecular weight is 889 g/mol. The van der Waals surface area contributed by atoms with Gasteiger partial charge in [0.25, 0.3) is 0 Å². The first-order chi connectivity index (χ1) is 31.0. The first-order valence-electron chi connectivity index (χ1n) is 22.8. The van der Waals surface area contributed by atoms with Crippen LogP contribution in [0.5, 0.6) is 0 Å². The van der Waals surface area contributed by atoms with Crippen molar-refractivity contribution in [1.29, 1.82) is 0 Å². The van der Waals surface area contributed by atoms with Crippen LogP contribution in [-0.4, -0.2) is 84.7 Å². The van der Waals surface area contributed by atoms with Crippen molar-refractivity contribution >= 4 is 29.7 Å². The minimum atomic E-state index is -0.564. The summed E-state index contributed by atoms with van der Waals surface area (Å²) in [6.45, 7) is 9.23. The number of hydrogen-bond donors (Lipinski definition) is 4. The van der Waals surface area contributed by atoms with Crippen LogP contribution < -0.4 is 21.4 Å². The Morgan fingerprint density at radius 3 is 1.30 bits per heavy atom. The fraction of sp³-hybridized carbons (Fsp3) is 0.531. The zero-order valence-corrected chi connectivity index (χ0v) is 38.3. The van der Waals surface area contributed by atoms with Crippen molar-refractivity contribution in [2.75, 3.05) is 39.3 Å². The number of hydroxylamine groups is 5. The van der Waals surface area contributed by atoms with E-state index in [0.29, 0.717) is 65.0 Å². The van der Waals surface area contributed by atoms with Crippen molar-refractivity contribution < 1.29 is 43.2 Å². The second-order valence-electron chi connectivity index (χ2n) is 16.5. The molecule has 0 aliphatic rings. The topological polar surface area (TPSA) is 177 Å². The van der Waals surface area contributed by atoms with Gasteiger partial charge in [0.2, 0.25) is 23.6 Å². The second-order valence-corrected chi connectivity index (χ2v) is 16.5. The molecule has 15 nitrogen and oxygen atoms in total. The summed E-state index contributed by atoms with van der Waals surface area (Å²) in [5.41, 5.74) is 5.36. The molecule has 4 N–H and O–H groups in total. The standard InChI is InChI=1S/C49H72N6O9/c1-49(2,3)64-48(60)52-34-18-9-21-37-55(63-40-43-26-14-6-15-27-43)47(59)31-29-45(57)51-33-17-8-20-36-54(62-39-42-24-12-5-13-25-42)46(58)30-28-44(56)50-32-16-7-19-35-53-61-38-41-22-10-4-11-23-41/h4-6,10-15,22-27,53H,7-9,16-21,28-40H2,1-3H3,(H,50,56)(H,51,57)(H,52,60). The number of alkyl carbamates (subject to hydrolysis) is 1. The van der Waals surface area contributed by atoms with E-state index in [1.807, 2.05) is 112 Å². The highest BCUT2D eigenvalue weighted by atomic mass is 16.7. The van der Waals surface area contributed by atoms with Crippen molar-refractivity contribution in [3.63, 3.8) is 0 Å². The molecule has 0 aliphatic carbocycles. The largest absolute Gasteiger partial charge is 0.444 e. The number of benzene rings is 3. The smallest absolute Gasteiger partial charge is 0.407 e. The van der Waals surface area contributed by atoms with Gasteiger partial charge in [-0.25, -0.2) is 20.4 Å². The molecule has 15 heteroatoms. The monoisotopic (exact) mass is 889 g/mol. The highest BCUT2D eigenvalue weighted by Gasteiger charge is 2.19. The Balaban J connectivity index is 1.31. The summed E-state index contributed by atoms with van der Waals surface area (Å²) in [5.74, 6) is -0.942. The SMILES string of the molecule is CC(C)(C)OC(=O)NCCCCCN(OCc1ccccc1)C(=O)CCC(=O)NCCCCCN(OCc1ccccc1)C(=O)CCC(=O)NCCCCCNOCc1ccccc1. The van der Waals surface area contributed by atoms with Gasteiger partial charge in [-0.2, -0.15) is 0 Å². The van der Waals surface area contributed by atoms with Crippen LogP contribution in [0.25, 0.3) is 0 Å². The van der Waals surface area contributed by atoms with E-state index in [9.17, 15) is 24.0 Å². The molecule has 0 unspecified atom stereocenters. The van der Waals surface area contributed by atoms with Gasteiger partial charge < -0.3 is 20.7 Å². The molecule has 0 radical (unpaired) electrons. The van der Waals surface area contributed by atoms with Crippen LogP contribution in [-0.2, 0) is 58.2 Å². The Bertz CT molecular complexity index is 1750. The Hall–Kier alpha value is -5.35. The van der Waals surface area contributed by atoms with E-state index in [4.69, 9.17) is 19.2 Å². The predicted octanol–water partition coefficient (Wildman–Crippen LogP) is 7.46. The summed E-state index contributed by atoms with van der Waals surface area (Å²) in [6, 6.07) is 29.1. The molecule has 0 atom stereocenters. The third-order valence-electron chi connectivity index (χ3n) is 9.68. The number of hydrogen-bond acceptors (Lipinski definition) is 10. The molecule has 0 saturated carbocycles. The van der Waals surface area contributed by atoms with Crippen LogP contribution in [0.4, 0.5) is 4.79 Å². The zero-order chi connectivity index (χ0) is 46.1. The van der Waals surface area contributed by atoms with Gasteiger partial charge in [-0.3, -0.25) is 33.7 Å². The van der Waals surface area contributed by atoms with E-state index in [1.54, 1.807) is 0 Å². The Labute approximate surface area is 380 Å². The lowest BCUT2D eigenvalue weighted by Crippen LogP contribution is -2.34. The number of unbranched alkanes of at least 4 members (excludes halogenated alkanes) is 6. The van der Waals surface area contributed by atoms with Crippen molar-refractivity contribution in [2.24, 2.45) is 0 Å². The molecule has 0 aliphatic heterocycles. The summed E-state index contributed by atoms with van der Waals surface area (Å²) in [5, 5.41) is 11.2. The first kappa shape index (κ1) is 53.0. The van der Waals surface area contributed by atoms with E-state index < -0.39 is 11.7 Å². The van der Waals surface area contributed by atoms with Crippen molar-refractivity contribution in [1.82, 2.24) is 31.6 Å². The molecule has 0 bridgehead atoms. The molecular formula is C49H72N6O9. The molecule has 0 fully saturated rings. The summed E-state index contributed by atoms with van der Waals surface area (Å²) in [6.07, 6.45) is 6.49. The zero-order valence-electron chi connectivity index (χ0n) is 38.3. The van der Waals surface area contributed by atoms with Crippen LogP contribution >= 0.6 is 0 Å². The maximum Gasteiger partial charge on any atom is 0.407 e. The number of nitrogens with zero attached hydrogens (tertiary/aromatic N) is 2. The van der Waals surface area contributed by atoms with Gasteiger partial charge in [-0.05, 0) is 88.8 Å². The summed E-state index contributed by atoms with van der Waals surface area (Å²) < 4.78 is 5.27. The number of amides is 5. The molecule has 0 saturated heterocycles. The number of carbonyl (C=O) groups is 5. The summed E-state index contributed by atoms with van der Waals surface area (Å²) in [7, 11) is 0. The number of ether oxygens (including phenoxy) is 1. The Morgan fingerprint density at radius 2 is 0.859 bits per heavy atom. The maximum absolute atomic E-state index is 13.2. The number of carbonyl (C=O) groups excluding carboxylic acids is 5. The molecule has 64 heavy (non-hydrogen) atoms. The van der Waals surface area contributed by atoms with Crippen LogP contribution in [0.3, 0.4) is 0 Å². The van der Waals surface area contributed by atoms with Crippen LogP contribution in [0.1, 0.15) is 121 Å². The first-order valence-corrected chi connectivity index (χ1v) is 22.8. The Morgan fingerprint density at radius 1 is 0.469 bits per heavy atom. The van der Waals surface area contributed by atoms with Crippen molar-refractivity contribution in [2.45, 2.75) is 130 Å². The van der Waals surface area contributed by atoms with Gasteiger partial charge >= 0.3 is 6.09 Å². The quantitative estimate of drug-likeness (QED) is 0.0355. The lowest BCUT2D eigenvalue weighted by atomic mass is 10.2. The third-order valence-corrected chi connectivity index (χ3v) is 9.68. The average Bonchev–Trinajstić information content (AvgIpc) is 3.28. The van der Waals surface area contributed by atoms with Crippen LogP contribution in [0.2, 0.25) is 0 Å². The van der Waals surface area contributed by atoms with Gasteiger partial charge in [-0.15, -0.1) is 0 Å². The predicted molar refractivity (Wildman–Crippen MR) is 245 cm³/mol. The number of nitrogens with one attached hydrogen (secondary N) is 4. The maximum atomic E-state index is 13.2. The molecule has 3 aromatic carbocycles. The second kappa shape index (κ2) is 32.3. The molecule has 0 heterocycles. The van der Waals surface area contributed by atoms with Gasteiger partial charge in [0, 0.05) is 65.0 Å². The molecule has 0 aromatic heterocycles. The van der Waals surface area contributed by atoms with Crippen LogP contribution in [0.15, 0.2) is 91.0 Å². The molecular weight excluding hydrogens is 817 g/mol. The molecule has 3 aromatic rings. The van der Waals surface area contributed by atoms with Crippen molar-refractivity contribution in [3.8, 4) is 0 Å². The van der Waals surface area contributed by atoms with E-state index in [0.717, 1.165) is 55.3 Å². The lowest BCUT2D eigenvalue weighted by molar-refractivity contribution is -0.192. The lowest BCUT2D eigenvalue weighted by Gasteiger charge is -2.22. The highest BCUT2D eigenvalue weighted by molar-refractivity contribution is 5.84. The molecule has 352 valence electrons. The fourth-order valence-electron chi connectivity index (χ4n) is 6.20. The number of rotatable bonds is 33. The normalized spacial score (nSPS) is 11.1. The summed E-state index contributed by atoms with van der Waals surface area (Å²) >= 11 is 0. The Kier molecular flexibility index (Phi) is 26.8. The van der Waals surface area contributed by atoms with Crippen molar-refractivity contribution in [3.05, 3.63) is 108 Å². The molecule has 3 rings (SSSR count). The van der Waals surface area contributed by atoms with Gasteiger partial charge in [-0.1, -0.05) is 97.4 Å². The summed E-state index contributed by atoms with van der Waals surface area (Å²) in [4.78, 5) is 80.9.